The highest BCUT2D eigenvalue weighted by atomic mass is 19.1. The van der Waals surface area contributed by atoms with Gasteiger partial charge < -0.3 is 5.11 Å². The molecule has 0 aliphatic heterocycles. The molecule has 0 aromatic carbocycles. The summed E-state index contributed by atoms with van der Waals surface area (Å²) in [5, 5.41) is 9.07. The molecule has 0 fully saturated rings. The van der Waals surface area contributed by atoms with Crippen LogP contribution in [0.15, 0.2) is 24.3 Å². The Labute approximate surface area is 122 Å². The Balaban J connectivity index is 4.45. The summed E-state index contributed by atoms with van der Waals surface area (Å²) in [4.78, 5) is 11.3. The van der Waals surface area contributed by atoms with Crippen LogP contribution in [0.3, 0.4) is 0 Å². The van der Waals surface area contributed by atoms with E-state index >= 15 is 0 Å². The Morgan fingerprint density at radius 3 is 2.50 bits per heavy atom. The third-order valence-corrected chi connectivity index (χ3v) is 3.93. The Morgan fingerprint density at radius 1 is 1.40 bits per heavy atom. The maximum Gasteiger partial charge on any atom is 0.178 e. The van der Waals surface area contributed by atoms with Crippen molar-refractivity contribution in [3.8, 4) is 0 Å². The number of halogens is 1. The van der Waals surface area contributed by atoms with Gasteiger partial charge in [0, 0.05) is 6.61 Å². The van der Waals surface area contributed by atoms with Crippen molar-refractivity contribution in [2.45, 2.75) is 46.5 Å². The third kappa shape index (κ3) is 7.59. The Hall–Kier alpha value is -0.960. The van der Waals surface area contributed by atoms with Gasteiger partial charge in [0.2, 0.25) is 0 Å². The van der Waals surface area contributed by atoms with E-state index in [0.29, 0.717) is 0 Å². The van der Waals surface area contributed by atoms with E-state index in [1.54, 1.807) is 6.08 Å². The van der Waals surface area contributed by atoms with Crippen molar-refractivity contribution in [3.63, 3.8) is 0 Å². The molecule has 0 aromatic rings. The minimum atomic E-state index is -0.342. The largest absolute Gasteiger partial charge is 0.396 e. The highest BCUT2D eigenvalue weighted by Gasteiger charge is 2.19. The molecule has 0 saturated carbocycles. The van der Waals surface area contributed by atoms with Crippen LogP contribution < -0.4 is 0 Å². The van der Waals surface area contributed by atoms with Gasteiger partial charge in [-0.3, -0.25) is 9.18 Å². The zero-order chi connectivity index (χ0) is 15.5. The molecule has 0 rings (SSSR count). The molecule has 1 N–H and O–H groups in total. The maximum absolute atomic E-state index is 13.2. The quantitative estimate of drug-likeness (QED) is 0.580. The molecule has 0 bridgehead atoms. The molecule has 3 atom stereocenters. The molecule has 0 aliphatic carbocycles. The summed E-state index contributed by atoms with van der Waals surface area (Å²) in [5.74, 6) is 0.372. The Bertz CT molecular complexity index is 323. The lowest BCUT2D eigenvalue weighted by Gasteiger charge is -2.23. The smallest absolute Gasteiger partial charge is 0.178 e. The van der Waals surface area contributed by atoms with Gasteiger partial charge in [0.05, 0.1) is 6.67 Å². The van der Waals surface area contributed by atoms with Gasteiger partial charge in [-0.05, 0) is 55.6 Å². The zero-order valence-corrected chi connectivity index (χ0v) is 13.1. The molecule has 0 spiro atoms. The van der Waals surface area contributed by atoms with E-state index in [4.69, 9.17) is 5.11 Å². The normalized spacial score (nSPS) is 16.6. The van der Waals surface area contributed by atoms with Crippen LogP contribution in [-0.4, -0.2) is 24.2 Å². The number of carbonyl (C=O) groups is 1. The van der Waals surface area contributed by atoms with Crippen LogP contribution >= 0.6 is 0 Å². The summed E-state index contributed by atoms with van der Waals surface area (Å²) in [5.41, 5.74) is 1.05. The molecule has 0 heterocycles. The van der Waals surface area contributed by atoms with Crippen molar-refractivity contribution in [3.05, 3.63) is 24.3 Å². The van der Waals surface area contributed by atoms with Crippen molar-refractivity contribution in [2.24, 2.45) is 17.8 Å². The van der Waals surface area contributed by atoms with Crippen molar-refractivity contribution in [2.75, 3.05) is 13.3 Å². The predicted octanol–water partition coefficient (Wildman–Crippen LogP) is 4.10. The second-order valence-electron chi connectivity index (χ2n) is 5.72. The number of allylic oxidation sites excluding steroid dienone is 3. The van der Waals surface area contributed by atoms with Crippen LogP contribution in [-0.2, 0) is 4.79 Å². The second kappa shape index (κ2) is 10.8. The lowest BCUT2D eigenvalue weighted by molar-refractivity contribution is -0.110. The highest BCUT2D eigenvalue weighted by Crippen LogP contribution is 2.26. The summed E-state index contributed by atoms with van der Waals surface area (Å²) in [6.07, 6.45) is 6.06. The molecule has 0 amide bonds. The van der Waals surface area contributed by atoms with E-state index in [1.807, 2.05) is 20.8 Å². The number of carbonyl (C=O) groups excluding carboxylic acids is 1. The van der Waals surface area contributed by atoms with Gasteiger partial charge >= 0.3 is 0 Å². The minimum absolute atomic E-state index is 0.00205. The fraction of sp³-hybridized carbons (Fsp3) is 0.706. The van der Waals surface area contributed by atoms with Crippen molar-refractivity contribution >= 4 is 5.78 Å². The first kappa shape index (κ1) is 19.0. The molecule has 0 aromatic heterocycles. The fourth-order valence-electron chi connectivity index (χ4n) is 2.40. The Morgan fingerprint density at radius 2 is 2.05 bits per heavy atom. The van der Waals surface area contributed by atoms with Gasteiger partial charge in [0.25, 0.3) is 0 Å². The average Bonchev–Trinajstić information content (AvgIpc) is 2.45. The van der Waals surface area contributed by atoms with Crippen LogP contribution in [0, 0.1) is 17.8 Å². The van der Waals surface area contributed by atoms with E-state index in [-0.39, 0.29) is 36.8 Å². The summed E-state index contributed by atoms with van der Waals surface area (Å²) >= 11 is 0. The fourth-order valence-corrected chi connectivity index (χ4v) is 2.40. The molecular formula is C17H29FO2. The maximum atomic E-state index is 13.2. The van der Waals surface area contributed by atoms with Gasteiger partial charge in [0.1, 0.15) is 0 Å². The highest BCUT2D eigenvalue weighted by molar-refractivity contribution is 5.99. The molecule has 0 radical (unpaired) electrons. The van der Waals surface area contributed by atoms with Crippen LogP contribution in [0.2, 0.25) is 0 Å². The summed E-state index contributed by atoms with van der Waals surface area (Å²) < 4.78 is 13.2. The number of aliphatic hydroxyl groups excluding tert-OH is 1. The van der Waals surface area contributed by atoms with E-state index in [0.717, 1.165) is 31.3 Å². The SMILES string of the molecule is C=CC(=O)/C=C(\CC)CC[C@H](CF)[C@@H](C)C[C@@H](C)CO. The number of hydrogen-bond acceptors (Lipinski definition) is 2. The van der Waals surface area contributed by atoms with Gasteiger partial charge in [-0.15, -0.1) is 0 Å². The van der Waals surface area contributed by atoms with Crippen LogP contribution in [0.1, 0.15) is 46.5 Å². The standard InChI is InChI=1S/C17H29FO2/c1-5-15(10-17(20)6-2)7-8-16(11-18)14(4)9-13(3)12-19/h6,10,13-14,16,19H,2,5,7-9,11-12H2,1,3-4H3/b15-10+/t13-,14+,16-/m1/s1. The van der Waals surface area contributed by atoms with E-state index < -0.39 is 0 Å². The number of alkyl halides is 1. The lowest BCUT2D eigenvalue weighted by Crippen LogP contribution is -2.18. The number of ketones is 1. The van der Waals surface area contributed by atoms with E-state index in [9.17, 15) is 9.18 Å². The van der Waals surface area contributed by atoms with Gasteiger partial charge in [-0.1, -0.05) is 32.9 Å². The minimum Gasteiger partial charge on any atom is -0.396 e. The van der Waals surface area contributed by atoms with Crippen molar-refractivity contribution < 1.29 is 14.3 Å². The van der Waals surface area contributed by atoms with Crippen LogP contribution in [0.5, 0.6) is 0 Å². The first-order valence-electron chi connectivity index (χ1n) is 7.51. The van der Waals surface area contributed by atoms with Crippen LogP contribution in [0.4, 0.5) is 4.39 Å². The average molecular weight is 284 g/mol. The first-order valence-corrected chi connectivity index (χ1v) is 7.51. The summed E-state index contributed by atoms with van der Waals surface area (Å²) in [6, 6.07) is 0. The molecule has 20 heavy (non-hydrogen) atoms. The van der Waals surface area contributed by atoms with Crippen molar-refractivity contribution in [1.82, 2.24) is 0 Å². The third-order valence-electron chi connectivity index (χ3n) is 3.93. The molecule has 2 nitrogen and oxygen atoms in total. The molecular weight excluding hydrogens is 255 g/mol. The van der Waals surface area contributed by atoms with E-state index in [1.165, 1.54) is 6.08 Å². The van der Waals surface area contributed by atoms with Gasteiger partial charge in [0.15, 0.2) is 5.78 Å². The molecule has 116 valence electrons. The number of aliphatic hydroxyl groups is 1. The molecule has 3 heteroatoms. The first-order chi connectivity index (χ1) is 9.48. The molecule has 0 aliphatic rings. The lowest BCUT2D eigenvalue weighted by atomic mass is 9.83. The second-order valence-corrected chi connectivity index (χ2v) is 5.72. The summed E-state index contributed by atoms with van der Waals surface area (Å²) in [6.45, 7) is 9.28. The number of hydrogen-bond donors (Lipinski definition) is 1. The Kier molecular flexibility index (Phi) is 10.3. The van der Waals surface area contributed by atoms with Crippen molar-refractivity contribution in [1.29, 1.82) is 0 Å². The topological polar surface area (TPSA) is 37.3 Å². The monoisotopic (exact) mass is 284 g/mol. The van der Waals surface area contributed by atoms with Gasteiger partial charge in [-0.25, -0.2) is 0 Å². The van der Waals surface area contributed by atoms with Crippen LogP contribution in [0.25, 0.3) is 0 Å². The molecule has 0 saturated heterocycles. The predicted molar refractivity (Wildman–Crippen MR) is 82.3 cm³/mol. The van der Waals surface area contributed by atoms with Gasteiger partial charge in [-0.2, -0.15) is 0 Å². The zero-order valence-electron chi connectivity index (χ0n) is 13.1. The molecule has 0 unspecified atom stereocenters. The van der Waals surface area contributed by atoms with E-state index in [2.05, 4.69) is 6.58 Å². The number of rotatable bonds is 11. The summed E-state index contributed by atoms with van der Waals surface area (Å²) in [7, 11) is 0.